The minimum Gasteiger partial charge on any atom is -0.313 e. The standard InChI is InChI=1S/C24H25BrN4O/c1-27-11-13-28(14-12-27)9-3-2-5-18-15-20(25)23-21(24(18)30)26-16-19-7-4-6-17-8-10-29(23)22(17)19/h8,10,15-16H,4-7,9,11-14H2,1H3. The van der Waals surface area contributed by atoms with E-state index in [1.807, 2.05) is 12.3 Å². The van der Waals surface area contributed by atoms with Gasteiger partial charge in [-0.25, -0.2) is 0 Å². The van der Waals surface area contributed by atoms with Gasteiger partial charge in [-0.2, -0.15) is 0 Å². The first kappa shape index (κ1) is 19.7. The van der Waals surface area contributed by atoms with Crippen LogP contribution >= 0.6 is 15.9 Å². The predicted molar refractivity (Wildman–Crippen MR) is 123 cm³/mol. The monoisotopic (exact) mass is 464 g/mol. The first-order valence-corrected chi connectivity index (χ1v) is 11.4. The topological polar surface area (TPSA) is 40.9 Å². The van der Waals surface area contributed by atoms with Crippen LogP contribution in [0.25, 0.3) is 16.9 Å². The first-order chi connectivity index (χ1) is 14.6. The van der Waals surface area contributed by atoms with Gasteiger partial charge in [0.1, 0.15) is 5.69 Å². The summed E-state index contributed by atoms with van der Waals surface area (Å²) in [6.45, 7) is 5.04. The summed E-state index contributed by atoms with van der Waals surface area (Å²) in [5.41, 5.74) is 5.83. The van der Waals surface area contributed by atoms with Crippen LogP contribution in [0.4, 0.5) is 0 Å². The molecule has 5 nitrogen and oxygen atoms in total. The quantitative estimate of drug-likeness (QED) is 0.546. The molecule has 0 N–H and O–H groups in total. The van der Waals surface area contributed by atoms with Crippen LogP contribution in [0.2, 0.25) is 0 Å². The SMILES string of the molecule is CN1CCN(CC#CCc2cc(Br)c3n4ccc5c4c(cnc-3c2=O)CCC5)CC1. The Labute approximate surface area is 185 Å². The van der Waals surface area contributed by atoms with Gasteiger partial charge < -0.3 is 9.30 Å². The Morgan fingerprint density at radius 1 is 1.13 bits per heavy atom. The lowest BCUT2D eigenvalue weighted by Gasteiger charge is -2.30. The summed E-state index contributed by atoms with van der Waals surface area (Å²) >= 11 is 3.71. The minimum atomic E-state index is -0.0138. The molecule has 6 heteroatoms. The average Bonchev–Trinajstić information content (AvgIpc) is 3.09. The zero-order valence-electron chi connectivity index (χ0n) is 17.2. The zero-order valence-corrected chi connectivity index (χ0v) is 18.8. The molecule has 1 fully saturated rings. The molecule has 2 aliphatic carbocycles. The highest BCUT2D eigenvalue weighted by Crippen LogP contribution is 2.32. The lowest BCUT2D eigenvalue weighted by Crippen LogP contribution is -2.44. The number of nitrogens with zero attached hydrogens (tertiary/aromatic N) is 4. The Kier molecular flexibility index (Phi) is 5.36. The van der Waals surface area contributed by atoms with Crippen molar-refractivity contribution in [2.75, 3.05) is 39.8 Å². The first-order valence-electron chi connectivity index (χ1n) is 10.6. The Morgan fingerprint density at radius 2 is 1.93 bits per heavy atom. The second-order valence-electron chi connectivity index (χ2n) is 8.35. The van der Waals surface area contributed by atoms with E-state index in [-0.39, 0.29) is 5.43 Å². The number of likely N-dealkylation sites (N-methyl/N-ethyl adjacent to an activating group) is 1. The van der Waals surface area contributed by atoms with Gasteiger partial charge in [-0.1, -0.05) is 11.8 Å². The maximum absolute atomic E-state index is 13.2. The van der Waals surface area contributed by atoms with Crippen LogP contribution in [-0.4, -0.2) is 59.0 Å². The molecule has 0 bridgehead atoms. The van der Waals surface area contributed by atoms with Gasteiger partial charge in [-0.15, -0.1) is 0 Å². The molecule has 2 aliphatic heterocycles. The highest BCUT2D eigenvalue weighted by Gasteiger charge is 2.22. The van der Waals surface area contributed by atoms with E-state index in [1.54, 1.807) is 0 Å². The number of aromatic nitrogens is 2. The molecule has 30 heavy (non-hydrogen) atoms. The largest absolute Gasteiger partial charge is 0.313 e. The Balaban J connectivity index is 1.47. The molecule has 154 valence electrons. The van der Waals surface area contributed by atoms with E-state index in [2.05, 4.69) is 66.3 Å². The maximum atomic E-state index is 13.2. The fraction of sp³-hybridized carbons (Fsp3) is 0.417. The van der Waals surface area contributed by atoms with Crippen molar-refractivity contribution in [3.8, 4) is 23.2 Å². The summed E-state index contributed by atoms with van der Waals surface area (Å²) in [5.74, 6) is 6.47. The van der Waals surface area contributed by atoms with Gasteiger partial charge in [0.15, 0.2) is 0 Å². The van der Waals surface area contributed by atoms with Crippen LogP contribution < -0.4 is 5.43 Å². The third-order valence-electron chi connectivity index (χ3n) is 6.32. The summed E-state index contributed by atoms with van der Waals surface area (Å²) in [4.78, 5) is 22.6. The molecule has 1 aromatic heterocycles. The maximum Gasteiger partial charge on any atom is 0.210 e. The van der Waals surface area contributed by atoms with Crippen LogP contribution in [0, 0.1) is 11.8 Å². The van der Waals surface area contributed by atoms with Gasteiger partial charge in [0.25, 0.3) is 0 Å². The Hall–Kier alpha value is -2.20. The van der Waals surface area contributed by atoms with Gasteiger partial charge in [0.2, 0.25) is 5.43 Å². The zero-order chi connectivity index (χ0) is 20.7. The van der Waals surface area contributed by atoms with Crippen molar-refractivity contribution in [3.05, 3.63) is 55.9 Å². The molecule has 0 radical (unpaired) electrons. The predicted octanol–water partition coefficient (Wildman–Crippen LogP) is 2.84. The molecule has 0 atom stereocenters. The van der Waals surface area contributed by atoms with Gasteiger partial charge in [0.05, 0.1) is 17.8 Å². The number of halogens is 1. The molecule has 1 saturated heterocycles. The summed E-state index contributed by atoms with van der Waals surface area (Å²) in [7, 11) is 2.15. The van der Waals surface area contributed by atoms with Gasteiger partial charge in [-0.3, -0.25) is 14.7 Å². The second kappa shape index (κ2) is 8.14. The van der Waals surface area contributed by atoms with Crippen molar-refractivity contribution in [3.63, 3.8) is 0 Å². The molecule has 0 unspecified atom stereocenters. The van der Waals surface area contributed by atoms with Crippen molar-refractivity contribution in [1.29, 1.82) is 0 Å². The smallest absolute Gasteiger partial charge is 0.210 e. The van der Waals surface area contributed by atoms with Crippen LogP contribution in [0.1, 0.15) is 23.1 Å². The van der Waals surface area contributed by atoms with Crippen LogP contribution in [-0.2, 0) is 19.3 Å². The number of piperazine rings is 1. The number of benzene rings is 1. The van der Waals surface area contributed by atoms with Crippen LogP contribution in [0.5, 0.6) is 0 Å². The highest BCUT2D eigenvalue weighted by molar-refractivity contribution is 9.10. The lowest BCUT2D eigenvalue weighted by atomic mass is 9.98. The van der Waals surface area contributed by atoms with E-state index in [4.69, 9.17) is 0 Å². The molecule has 0 spiro atoms. The molecule has 5 rings (SSSR count). The second-order valence-corrected chi connectivity index (χ2v) is 9.20. The lowest BCUT2D eigenvalue weighted by molar-refractivity contribution is 0.168. The number of fused-ring (bicyclic) bond motifs is 2. The van der Waals surface area contributed by atoms with Crippen molar-refractivity contribution in [1.82, 2.24) is 19.2 Å². The third kappa shape index (κ3) is 3.56. The van der Waals surface area contributed by atoms with Crippen molar-refractivity contribution >= 4 is 21.4 Å². The average molecular weight is 465 g/mol. The molecule has 0 saturated carbocycles. The minimum absolute atomic E-state index is 0.0138. The third-order valence-corrected chi connectivity index (χ3v) is 6.92. The van der Waals surface area contributed by atoms with Crippen LogP contribution in [0.3, 0.4) is 0 Å². The molecule has 0 amide bonds. The number of hydrogen-bond donors (Lipinski definition) is 0. The van der Waals surface area contributed by atoms with E-state index < -0.39 is 0 Å². The number of aryl methyl sites for hydroxylation is 2. The fourth-order valence-electron chi connectivity index (χ4n) is 4.55. The number of hydrogen-bond acceptors (Lipinski definition) is 4. The van der Waals surface area contributed by atoms with E-state index in [0.29, 0.717) is 17.7 Å². The highest BCUT2D eigenvalue weighted by atomic mass is 79.9. The van der Waals surface area contributed by atoms with E-state index >= 15 is 0 Å². The molecule has 3 heterocycles. The number of rotatable bonds is 2. The van der Waals surface area contributed by atoms with Gasteiger partial charge in [0, 0.05) is 55.0 Å². The van der Waals surface area contributed by atoms with Crippen LogP contribution in [0.15, 0.2) is 33.8 Å². The summed E-state index contributed by atoms with van der Waals surface area (Å²) in [6.07, 6.45) is 7.64. The van der Waals surface area contributed by atoms with Crippen molar-refractivity contribution in [2.45, 2.75) is 25.7 Å². The van der Waals surface area contributed by atoms with E-state index in [1.165, 1.54) is 16.6 Å². The summed E-state index contributed by atoms with van der Waals surface area (Å²) < 4.78 is 3.04. The summed E-state index contributed by atoms with van der Waals surface area (Å²) in [5, 5.41) is 0. The molecule has 1 aromatic rings. The molecule has 4 aliphatic rings. The Morgan fingerprint density at radius 3 is 2.77 bits per heavy atom. The van der Waals surface area contributed by atoms with Crippen molar-refractivity contribution < 1.29 is 0 Å². The van der Waals surface area contributed by atoms with Gasteiger partial charge in [-0.05, 0) is 65.5 Å². The molecule has 0 aromatic carbocycles. The Bertz CT molecular complexity index is 1200. The molecular weight excluding hydrogens is 440 g/mol. The van der Waals surface area contributed by atoms with Crippen molar-refractivity contribution in [2.24, 2.45) is 0 Å². The fourth-order valence-corrected chi connectivity index (χ4v) is 5.20. The summed E-state index contributed by atoms with van der Waals surface area (Å²) in [6, 6.07) is 4.10. The molecular formula is C24H25BrN4O. The van der Waals surface area contributed by atoms with E-state index in [0.717, 1.165) is 62.2 Å². The van der Waals surface area contributed by atoms with Gasteiger partial charge >= 0.3 is 0 Å². The van der Waals surface area contributed by atoms with E-state index in [9.17, 15) is 4.79 Å². The normalized spacial score (nSPS) is 17.3.